The second kappa shape index (κ2) is 29.5. The van der Waals surface area contributed by atoms with Crippen LogP contribution in [-0.4, -0.2) is 73.1 Å². The van der Waals surface area contributed by atoms with Gasteiger partial charge in [-0.05, 0) is 143 Å². The molecule has 0 bridgehead atoms. The largest absolute Gasteiger partial charge is 0.361 e. The lowest BCUT2D eigenvalue weighted by atomic mass is 10.1. The van der Waals surface area contributed by atoms with Crippen molar-refractivity contribution < 1.29 is 22.0 Å². The third kappa shape index (κ3) is 13.4. The molecule has 22 heteroatoms. The number of hydrogen-bond acceptors (Lipinski definition) is 10. The van der Waals surface area contributed by atoms with Gasteiger partial charge in [-0.25, -0.2) is 31.9 Å². The van der Waals surface area contributed by atoms with Crippen molar-refractivity contribution in [2.75, 3.05) is 0 Å². The topological polar surface area (TPSA) is 164 Å². The molecular formula is C81H52F5I2N15. The molecule has 0 atom stereocenters. The number of hydrogen-bond donors (Lipinski definition) is 1. The van der Waals surface area contributed by atoms with Crippen LogP contribution >= 0.6 is 45.2 Å². The van der Waals surface area contributed by atoms with Crippen molar-refractivity contribution in [3.8, 4) is 22.7 Å². The molecule has 0 radical (unpaired) electrons. The first kappa shape index (κ1) is 66.6. The van der Waals surface area contributed by atoms with Crippen molar-refractivity contribution in [1.82, 2.24) is 73.1 Å². The van der Waals surface area contributed by atoms with Crippen LogP contribution in [0.1, 0.15) is 5.69 Å². The molecule has 20 aromatic rings. The van der Waals surface area contributed by atoms with Gasteiger partial charge < -0.3 is 23.3 Å². The van der Waals surface area contributed by atoms with Gasteiger partial charge in [0, 0.05) is 152 Å². The van der Waals surface area contributed by atoms with E-state index in [1.165, 1.54) is 18.6 Å². The van der Waals surface area contributed by atoms with Crippen molar-refractivity contribution >= 4 is 154 Å². The van der Waals surface area contributed by atoms with Crippen LogP contribution in [0.2, 0.25) is 0 Å². The van der Waals surface area contributed by atoms with Gasteiger partial charge in [-0.15, -0.1) is 0 Å². The molecule has 5 aromatic carbocycles. The third-order valence-electron chi connectivity index (χ3n) is 17.1. The Bertz CT molecular complexity index is 6170. The minimum Gasteiger partial charge on any atom is -0.361 e. The monoisotopic (exact) mass is 1580 g/mol. The lowest BCUT2D eigenvalue weighted by Gasteiger charge is -2.12. The van der Waals surface area contributed by atoms with E-state index in [9.17, 15) is 22.0 Å². The highest BCUT2D eigenvalue weighted by atomic mass is 127. The number of nitrogens with zero attached hydrogens (tertiary/aromatic N) is 14. The molecule has 15 nitrogen and oxygen atoms in total. The van der Waals surface area contributed by atoms with Gasteiger partial charge in [-0.2, -0.15) is 0 Å². The quantitative estimate of drug-likeness (QED) is 0.102. The van der Waals surface area contributed by atoms with Crippen LogP contribution in [0.5, 0.6) is 0 Å². The number of rotatable bonds is 4. The summed E-state index contributed by atoms with van der Waals surface area (Å²) in [4.78, 5) is 44.3. The zero-order valence-corrected chi connectivity index (χ0v) is 58.4. The lowest BCUT2D eigenvalue weighted by Crippen LogP contribution is -2.02. The van der Waals surface area contributed by atoms with E-state index in [-0.39, 0.29) is 29.1 Å². The number of fused-ring (bicyclic) bond motifs is 10. The van der Waals surface area contributed by atoms with Crippen molar-refractivity contribution in [2.24, 2.45) is 0 Å². The molecule has 0 unspecified atom stereocenters. The zero-order chi connectivity index (χ0) is 70.5. The van der Waals surface area contributed by atoms with E-state index >= 15 is 0 Å². The van der Waals surface area contributed by atoms with Crippen LogP contribution < -0.4 is 0 Å². The molecular weight excluding hydrogens is 1530 g/mol. The van der Waals surface area contributed by atoms with Gasteiger partial charge in [0.25, 0.3) is 0 Å². The Morgan fingerprint density at radius 3 is 1.10 bits per heavy atom. The smallest absolute Gasteiger partial charge is 0.179 e. The highest BCUT2D eigenvalue weighted by Crippen LogP contribution is 2.34. The van der Waals surface area contributed by atoms with Crippen molar-refractivity contribution in [3.63, 3.8) is 0 Å². The predicted octanol–water partition coefficient (Wildman–Crippen LogP) is 20.3. The Morgan fingerprint density at radius 2 is 0.660 bits per heavy atom. The summed E-state index contributed by atoms with van der Waals surface area (Å²) in [6.07, 6.45) is 30.7. The molecule has 0 aliphatic carbocycles. The van der Waals surface area contributed by atoms with E-state index in [1.807, 2.05) is 283 Å². The fraction of sp³-hybridized carbons (Fsp3) is 0.0123. The third-order valence-corrected chi connectivity index (χ3v) is 18.9. The van der Waals surface area contributed by atoms with Gasteiger partial charge in [0.15, 0.2) is 29.1 Å². The predicted molar refractivity (Wildman–Crippen MR) is 413 cm³/mol. The molecule has 0 saturated heterocycles. The van der Waals surface area contributed by atoms with Crippen LogP contribution in [0.25, 0.3) is 132 Å². The Hall–Kier alpha value is -12.3. The summed E-state index contributed by atoms with van der Waals surface area (Å²) < 4.78 is 79.5. The molecule has 0 fully saturated rings. The molecule has 500 valence electrons. The van der Waals surface area contributed by atoms with Crippen molar-refractivity contribution in [1.29, 1.82) is 0 Å². The van der Waals surface area contributed by atoms with Crippen molar-refractivity contribution in [3.05, 3.63) is 336 Å². The number of aryl methyl sites for hydroxylation is 1. The number of pyridine rings is 10. The van der Waals surface area contributed by atoms with Crippen LogP contribution in [0.4, 0.5) is 22.0 Å². The summed E-state index contributed by atoms with van der Waals surface area (Å²) in [7, 11) is 0. The Kier molecular flexibility index (Phi) is 19.1. The molecule has 0 amide bonds. The van der Waals surface area contributed by atoms with Gasteiger partial charge >= 0.3 is 0 Å². The van der Waals surface area contributed by atoms with E-state index < -0.39 is 0 Å². The van der Waals surface area contributed by atoms with E-state index in [2.05, 4.69) is 54.8 Å². The van der Waals surface area contributed by atoms with E-state index in [1.54, 1.807) is 62.7 Å². The zero-order valence-electron chi connectivity index (χ0n) is 54.1. The average Bonchev–Trinajstić information content (AvgIpc) is 1.41. The highest BCUT2D eigenvalue weighted by Gasteiger charge is 2.20. The second-order valence-corrected chi connectivity index (χ2v) is 25.4. The standard InChI is InChI=1S/C17H12FN3.C16H9FIN3.2C16H10FN3.C9H5FIN.C7H6N2/c1-11-16(18)17(13-4-2-3-5-14(13)20-11)21-9-7-12-10-19-8-6-15(12)21;17-14-15(11-3-1-2-4-12(11)20-16(14)18)21-8-6-10-9-19-7-5-13(10)21;2*17-13-10-19-14-4-2-1-3-12(14)16(13)20-8-6-11-9-18-7-5-15(11)20;10-7-5-12-8-4-2-1-3-6(8)9(7)11;1-4-9-7-2-3-8-5-6(1)7/h2-10H,1H3;1-9H;2*1-10H;1-5H;1-5,9H. The average molecular weight is 1580 g/mol. The first-order valence-corrected chi connectivity index (χ1v) is 34.2. The molecule has 15 aromatic heterocycles. The molecule has 0 saturated carbocycles. The summed E-state index contributed by atoms with van der Waals surface area (Å²) in [5.41, 5.74) is 11.4. The molecule has 20 rings (SSSR count). The second-order valence-electron chi connectivity index (χ2n) is 23.3. The minimum absolute atomic E-state index is 0.255. The van der Waals surface area contributed by atoms with Crippen LogP contribution in [0.15, 0.2) is 294 Å². The lowest BCUT2D eigenvalue weighted by molar-refractivity contribution is 0.605. The first-order valence-electron chi connectivity index (χ1n) is 32.0. The Balaban J connectivity index is 0.000000102. The van der Waals surface area contributed by atoms with Gasteiger partial charge in [-0.3, -0.25) is 39.9 Å². The van der Waals surface area contributed by atoms with Crippen LogP contribution in [0, 0.1) is 43.3 Å². The van der Waals surface area contributed by atoms with E-state index in [4.69, 9.17) is 0 Å². The Labute approximate surface area is 610 Å². The fourth-order valence-electron chi connectivity index (χ4n) is 12.3. The number of aromatic nitrogens is 15. The van der Waals surface area contributed by atoms with Gasteiger partial charge in [0.2, 0.25) is 0 Å². The van der Waals surface area contributed by atoms with E-state index in [0.717, 1.165) is 109 Å². The molecule has 0 aliphatic rings. The Morgan fingerprint density at radius 1 is 0.320 bits per heavy atom. The highest BCUT2D eigenvalue weighted by molar-refractivity contribution is 14.1. The molecule has 0 spiro atoms. The summed E-state index contributed by atoms with van der Waals surface area (Å²) in [5.74, 6) is -1.52. The minimum atomic E-state index is -0.335. The SMILES string of the molecule is Cc1nc2ccccc2c(-n2ccc3cnccc32)c1F.Fc1c(I)nc2ccccc2c1-n1ccc2cnccc21.Fc1cnc2ccccc2c1-n1ccc2cnccc21.Fc1cnc2ccccc2c1-n1ccc2cnccc21.Fc1cnc2ccccc2c1I.c1cc2[nH]ccc2cn1. The maximum absolute atomic E-state index is 14.7. The summed E-state index contributed by atoms with van der Waals surface area (Å²) >= 11 is 3.92. The number of halogens is 7. The molecule has 103 heavy (non-hydrogen) atoms. The van der Waals surface area contributed by atoms with Gasteiger partial charge in [0.05, 0.1) is 100 Å². The maximum Gasteiger partial charge on any atom is 0.179 e. The number of benzene rings is 5. The summed E-state index contributed by atoms with van der Waals surface area (Å²) in [6, 6.07) is 57.0. The number of aromatic amines is 1. The molecule has 1 N–H and O–H groups in total. The summed E-state index contributed by atoms with van der Waals surface area (Å²) in [5, 5.41) is 9.14. The summed E-state index contributed by atoms with van der Waals surface area (Å²) in [6.45, 7) is 1.69. The maximum atomic E-state index is 14.7. The van der Waals surface area contributed by atoms with Crippen LogP contribution in [0.3, 0.4) is 0 Å². The molecule has 15 heterocycles. The number of H-pyrrole nitrogens is 1. The number of para-hydroxylation sites is 5. The fourth-order valence-corrected chi connectivity index (χ4v) is 13.4. The molecule has 0 aliphatic heterocycles. The van der Waals surface area contributed by atoms with Crippen LogP contribution in [-0.2, 0) is 0 Å². The normalized spacial score (nSPS) is 11.1. The van der Waals surface area contributed by atoms with Gasteiger partial charge in [0.1, 0.15) is 3.70 Å². The van der Waals surface area contributed by atoms with Gasteiger partial charge in [-0.1, -0.05) is 91.0 Å². The van der Waals surface area contributed by atoms with E-state index in [0.29, 0.717) is 35.7 Å². The first-order chi connectivity index (χ1) is 50.4. The van der Waals surface area contributed by atoms with Crippen molar-refractivity contribution in [2.45, 2.75) is 6.92 Å². The number of nitrogens with one attached hydrogen (secondary N) is 1.